The second-order valence-corrected chi connectivity index (χ2v) is 4.32. The summed E-state index contributed by atoms with van der Waals surface area (Å²) in [6.45, 7) is 4.15. The number of carbonyl (C=O) groups excluding carboxylic acids is 1. The van der Waals surface area contributed by atoms with E-state index in [1.807, 2.05) is 13.8 Å². The molecule has 82 valence electrons. The topological polar surface area (TPSA) is 26.3 Å². The number of Topliss-reactive ketones (excluding diaryl/α,β-unsaturated/α-hetero) is 1. The molecule has 2 nitrogen and oxygen atoms in total. The summed E-state index contributed by atoms with van der Waals surface area (Å²) in [5, 5.41) is 0.615. The van der Waals surface area contributed by atoms with Crippen LogP contribution in [0, 0.1) is 5.92 Å². The monoisotopic (exact) mass is 226 g/mol. The zero-order valence-electron chi connectivity index (χ0n) is 9.00. The Morgan fingerprint density at radius 2 is 2.20 bits per heavy atom. The lowest BCUT2D eigenvalue weighted by atomic mass is 10.1. The van der Waals surface area contributed by atoms with Gasteiger partial charge in [0.1, 0.15) is 12.4 Å². The van der Waals surface area contributed by atoms with E-state index in [0.29, 0.717) is 23.1 Å². The molecule has 0 saturated heterocycles. The van der Waals surface area contributed by atoms with E-state index < -0.39 is 0 Å². The van der Waals surface area contributed by atoms with Crippen LogP contribution in [0.3, 0.4) is 0 Å². The number of benzene rings is 1. The molecular formula is C12H15ClO2. The van der Waals surface area contributed by atoms with Crippen molar-refractivity contribution < 1.29 is 9.53 Å². The van der Waals surface area contributed by atoms with Crippen LogP contribution in [0.25, 0.3) is 0 Å². The van der Waals surface area contributed by atoms with E-state index in [9.17, 15) is 4.79 Å². The smallest absolute Gasteiger partial charge is 0.170 e. The van der Waals surface area contributed by atoms with Crippen LogP contribution >= 0.6 is 11.6 Å². The highest BCUT2D eigenvalue weighted by Gasteiger charge is 2.05. The molecule has 0 aromatic heterocycles. The largest absolute Gasteiger partial charge is 0.486 e. The maximum atomic E-state index is 11.4. The van der Waals surface area contributed by atoms with Gasteiger partial charge >= 0.3 is 0 Å². The Hall–Kier alpha value is -1.02. The molecule has 1 rings (SSSR count). The first-order chi connectivity index (χ1) is 7.08. The van der Waals surface area contributed by atoms with E-state index in [-0.39, 0.29) is 12.4 Å². The molecular weight excluding hydrogens is 212 g/mol. The van der Waals surface area contributed by atoms with E-state index in [4.69, 9.17) is 16.3 Å². The average Bonchev–Trinajstić information content (AvgIpc) is 2.14. The van der Waals surface area contributed by atoms with Gasteiger partial charge in [0.25, 0.3) is 0 Å². The molecule has 0 saturated carbocycles. The lowest BCUT2D eigenvalue weighted by molar-refractivity contribution is -0.121. The number of halogens is 1. The fraction of sp³-hybridized carbons (Fsp3) is 0.417. The number of ether oxygens (including phenoxy) is 1. The molecule has 15 heavy (non-hydrogen) atoms. The quantitative estimate of drug-likeness (QED) is 0.770. The highest BCUT2D eigenvalue weighted by molar-refractivity contribution is 6.30. The standard InChI is InChI=1S/C12H15ClO2/c1-9(2)6-11(14)8-15-12-5-3-4-10(13)7-12/h3-5,7,9H,6,8H2,1-2H3. The van der Waals surface area contributed by atoms with Gasteiger partial charge in [0.05, 0.1) is 0 Å². The Labute approximate surface area is 95.2 Å². The average molecular weight is 227 g/mol. The number of rotatable bonds is 5. The summed E-state index contributed by atoms with van der Waals surface area (Å²) in [6, 6.07) is 7.05. The van der Waals surface area contributed by atoms with Crippen LogP contribution in [0.2, 0.25) is 5.02 Å². The van der Waals surface area contributed by atoms with E-state index in [1.54, 1.807) is 24.3 Å². The Balaban J connectivity index is 2.40. The zero-order valence-corrected chi connectivity index (χ0v) is 9.75. The summed E-state index contributed by atoms with van der Waals surface area (Å²) >= 11 is 5.78. The lowest BCUT2D eigenvalue weighted by Gasteiger charge is -2.06. The minimum absolute atomic E-state index is 0.116. The van der Waals surface area contributed by atoms with Crippen LogP contribution in [0.1, 0.15) is 20.3 Å². The van der Waals surface area contributed by atoms with Gasteiger partial charge in [-0.05, 0) is 24.1 Å². The van der Waals surface area contributed by atoms with Crippen LogP contribution in [-0.2, 0) is 4.79 Å². The lowest BCUT2D eigenvalue weighted by Crippen LogP contribution is -2.13. The number of ketones is 1. The van der Waals surface area contributed by atoms with Crippen molar-refractivity contribution in [2.75, 3.05) is 6.61 Å². The SMILES string of the molecule is CC(C)CC(=O)COc1cccc(Cl)c1. The molecule has 0 N–H and O–H groups in total. The van der Waals surface area contributed by atoms with Crippen molar-refractivity contribution in [2.45, 2.75) is 20.3 Å². The Morgan fingerprint density at radius 3 is 2.80 bits per heavy atom. The fourth-order valence-electron chi connectivity index (χ4n) is 1.23. The van der Waals surface area contributed by atoms with Crippen molar-refractivity contribution >= 4 is 17.4 Å². The van der Waals surface area contributed by atoms with E-state index >= 15 is 0 Å². The molecule has 0 fully saturated rings. The predicted octanol–water partition coefficient (Wildman–Crippen LogP) is 3.33. The predicted molar refractivity (Wildman–Crippen MR) is 61.4 cm³/mol. The van der Waals surface area contributed by atoms with Gasteiger partial charge in [0.2, 0.25) is 0 Å². The van der Waals surface area contributed by atoms with Crippen molar-refractivity contribution in [3.8, 4) is 5.75 Å². The Morgan fingerprint density at radius 1 is 1.47 bits per heavy atom. The molecule has 0 unspecified atom stereocenters. The fourth-order valence-corrected chi connectivity index (χ4v) is 1.42. The first-order valence-electron chi connectivity index (χ1n) is 4.98. The summed E-state index contributed by atoms with van der Waals surface area (Å²) in [7, 11) is 0. The maximum absolute atomic E-state index is 11.4. The zero-order chi connectivity index (χ0) is 11.3. The Bertz CT molecular complexity index is 334. The summed E-state index contributed by atoms with van der Waals surface area (Å²) in [4.78, 5) is 11.4. The van der Waals surface area contributed by atoms with Crippen molar-refractivity contribution in [3.63, 3.8) is 0 Å². The summed E-state index contributed by atoms with van der Waals surface area (Å²) < 4.78 is 5.32. The van der Waals surface area contributed by atoms with E-state index in [1.165, 1.54) is 0 Å². The normalized spacial score (nSPS) is 10.4. The van der Waals surface area contributed by atoms with Crippen molar-refractivity contribution in [3.05, 3.63) is 29.3 Å². The first kappa shape index (κ1) is 12.1. The summed E-state index contributed by atoms with van der Waals surface area (Å²) in [5.41, 5.74) is 0. The van der Waals surface area contributed by atoms with Gasteiger partial charge in [-0.15, -0.1) is 0 Å². The van der Waals surface area contributed by atoms with Crippen LogP contribution in [0.5, 0.6) is 5.75 Å². The molecule has 0 heterocycles. The van der Waals surface area contributed by atoms with Gasteiger partial charge < -0.3 is 4.74 Å². The molecule has 1 aromatic rings. The number of hydrogen-bond donors (Lipinski definition) is 0. The maximum Gasteiger partial charge on any atom is 0.170 e. The van der Waals surface area contributed by atoms with Crippen LogP contribution in [-0.4, -0.2) is 12.4 Å². The molecule has 0 bridgehead atoms. The molecule has 0 amide bonds. The van der Waals surface area contributed by atoms with E-state index in [0.717, 1.165) is 0 Å². The van der Waals surface area contributed by atoms with Crippen LogP contribution in [0.4, 0.5) is 0 Å². The van der Waals surface area contributed by atoms with E-state index in [2.05, 4.69) is 0 Å². The molecule has 0 atom stereocenters. The summed E-state index contributed by atoms with van der Waals surface area (Å²) in [6.07, 6.45) is 0.556. The third kappa shape index (κ3) is 4.84. The van der Waals surface area contributed by atoms with Crippen molar-refractivity contribution in [2.24, 2.45) is 5.92 Å². The molecule has 0 radical (unpaired) electrons. The molecule has 0 aliphatic carbocycles. The van der Waals surface area contributed by atoms with Gasteiger partial charge in [0, 0.05) is 11.4 Å². The van der Waals surface area contributed by atoms with Crippen molar-refractivity contribution in [1.82, 2.24) is 0 Å². The highest BCUT2D eigenvalue weighted by atomic mass is 35.5. The van der Waals surface area contributed by atoms with Gasteiger partial charge in [-0.1, -0.05) is 31.5 Å². The third-order valence-electron chi connectivity index (χ3n) is 1.83. The summed E-state index contributed by atoms with van der Waals surface area (Å²) in [5.74, 6) is 1.13. The van der Waals surface area contributed by atoms with Crippen LogP contribution < -0.4 is 4.74 Å². The van der Waals surface area contributed by atoms with Gasteiger partial charge in [0.15, 0.2) is 5.78 Å². The second kappa shape index (κ2) is 5.76. The number of carbonyl (C=O) groups is 1. The second-order valence-electron chi connectivity index (χ2n) is 3.88. The molecule has 0 aliphatic heterocycles. The molecule has 3 heteroatoms. The highest BCUT2D eigenvalue weighted by Crippen LogP contribution is 2.17. The van der Waals surface area contributed by atoms with Crippen LogP contribution in [0.15, 0.2) is 24.3 Å². The Kier molecular flexibility index (Phi) is 4.63. The third-order valence-corrected chi connectivity index (χ3v) is 2.07. The van der Waals surface area contributed by atoms with Crippen molar-refractivity contribution in [1.29, 1.82) is 0 Å². The van der Waals surface area contributed by atoms with Gasteiger partial charge in [-0.25, -0.2) is 0 Å². The van der Waals surface area contributed by atoms with Gasteiger partial charge in [-0.3, -0.25) is 4.79 Å². The molecule has 1 aromatic carbocycles. The minimum Gasteiger partial charge on any atom is -0.486 e. The number of hydrogen-bond acceptors (Lipinski definition) is 2. The first-order valence-corrected chi connectivity index (χ1v) is 5.36. The minimum atomic E-state index is 0.116. The molecule has 0 spiro atoms. The molecule has 0 aliphatic rings. The van der Waals surface area contributed by atoms with Gasteiger partial charge in [-0.2, -0.15) is 0 Å².